The first-order chi connectivity index (χ1) is 16.0. The van der Waals surface area contributed by atoms with E-state index >= 15 is 0 Å². The molecule has 2 atom stereocenters. The molecule has 1 saturated heterocycles. The van der Waals surface area contributed by atoms with Gasteiger partial charge in [-0.15, -0.1) is 0 Å². The van der Waals surface area contributed by atoms with Crippen molar-refractivity contribution < 1.29 is 19.4 Å². The number of allylic oxidation sites excluding steroid dienone is 2. The number of nitrogens with one attached hydrogen (secondary N) is 1. The van der Waals surface area contributed by atoms with Gasteiger partial charge in [-0.05, 0) is 43.3 Å². The molecule has 0 spiro atoms. The fraction of sp³-hybridized carbons (Fsp3) is 0.269. The average Bonchev–Trinajstić information content (AvgIpc) is 2.84. The van der Waals surface area contributed by atoms with E-state index in [-0.39, 0.29) is 12.5 Å². The zero-order valence-corrected chi connectivity index (χ0v) is 19.0. The van der Waals surface area contributed by atoms with E-state index in [2.05, 4.69) is 17.2 Å². The van der Waals surface area contributed by atoms with E-state index in [1.165, 1.54) is 0 Å². The molecule has 2 aliphatic heterocycles. The molecule has 2 aliphatic rings. The summed E-state index contributed by atoms with van der Waals surface area (Å²) in [6, 6.07) is 14.7. The number of halogens is 1. The van der Waals surface area contributed by atoms with Crippen molar-refractivity contribution in [1.29, 1.82) is 0 Å². The van der Waals surface area contributed by atoms with Gasteiger partial charge in [0, 0.05) is 40.2 Å². The molecule has 4 rings (SSSR count). The van der Waals surface area contributed by atoms with Crippen LogP contribution in [0.1, 0.15) is 24.3 Å². The van der Waals surface area contributed by atoms with Crippen LogP contribution in [0.2, 0.25) is 5.02 Å². The first-order valence-electron chi connectivity index (χ1n) is 10.7. The number of rotatable bonds is 4. The van der Waals surface area contributed by atoms with Gasteiger partial charge in [-0.25, -0.2) is 0 Å². The maximum atomic E-state index is 12.5. The zero-order valence-electron chi connectivity index (χ0n) is 18.3. The predicted molar refractivity (Wildman–Crippen MR) is 127 cm³/mol. The lowest BCUT2D eigenvalue weighted by Crippen LogP contribution is -2.39. The van der Waals surface area contributed by atoms with Crippen molar-refractivity contribution in [3.8, 4) is 11.8 Å². The Hall–Kier alpha value is -3.08. The molecular weight excluding hydrogens is 440 g/mol. The summed E-state index contributed by atoms with van der Waals surface area (Å²) in [5, 5.41) is 14.3. The fourth-order valence-electron chi connectivity index (χ4n) is 3.61. The van der Waals surface area contributed by atoms with Crippen LogP contribution in [0.4, 0.5) is 5.69 Å². The molecule has 0 aliphatic carbocycles. The van der Waals surface area contributed by atoms with Crippen LogP contribution in [0, 0.1) is 11.8 Å². The highest BCUT2D eigenvalue weighted by Gasteiger charge is 2.24. The van der Waals surface area contributed by atoms with Gasteiger partial charge in [-0.3, -0.25) is 4.79 Å². The largest absolute Gasteiger partial charge is 0.376 e. The van der Waals surface area contributed by atoms with Crippen molar-refractivity contribution in [2.45, 2.75) is 19.3 Å². The molecule has 2 N–H and O–H groups in total. The molecule has 0 bridgehead atoms. The lowest BCUT2D eigenvalue weighted by Gasteiger charge is -2.30. The highest BCUT2D eigenvalue weighted by Crippen LogP contribution is 2.31. The third-order valence-electron chi connectivity index (χ3n) is 5.23. The molecule has 33 heavy (non-hydrogen) atoms. The van der Waals surface area contributed by atoms with E-state index in [1.807, 2.05) is 49.5 Å². The zero-order chi connectivity index (χ0) is 23.2. The van der Waals surface area contributed by atoms with Gasteiger partial charge in [-0.2, -0.15) is 0 Å². The molecule has 1 fully saturated rings. The van der Waals surface area contributed by atoms with E-state index in [0.29, 0.717) is 36.0 Å². The van der Waals surface area contributed by atoms with Crippen molar-refractivity contribution >= 4 is 23.2 Å². The second-order valence-corrected chi connectivity index (χ2v) is 8.30. The lowest BCUT2D eigenvalue weighted by molar-refractivity contribution is -0.142. The van der Waals surface area contributed by atoms with Gasteiger partial charge in [0.25, 0.3) is 5.91 Å². The minimum atomic E-state index is -1.01. The Kier molecular flexibility index (Phi) is 7.48. The lowest BCUT2D eigenvalue weighted by atomic mass is 10.1. The van der Waals surface area contributed by atoms with Gasteiger partial charge < -0.3 is 24.8 Å². The topological polar surface area (TPSA) is 71.0 Å². The van der Waals surface area contributed by atoms with Gasteiger partial charge in [0.05, 0.1) is 19.8 Å². The number of hydrogen-bond donors (Lipinski definition) is 2. The molecule has 7 heteroatoms. The van der Waals surface area contributed by atoms with Crippen LogP contribution < -0.4 is 5.32 Å². The molecule has 1 amide bonds. The van der Waals surface area contributed by atoms with E-state index in [0.717, 1.165) is 16.7 Å². The smallest absolute Gasteiger partial charge is 0.255 e. The normalized spacial score (nSPS) is 19.0. The number of ether oxygens (including phenoxy) is 2. The molecule has 2 unspecified atom stereocenters. The van der Waals surface area contributed by atoms with Gasteiger partial charge in [-0.1, -0.05) is 47.2 Å². The first kappa shape index (κ1) is 23.1. The van der Waals surface area contributed by atoms with Crippen LogP contribution >= 0.6 is 11.6 Å². The summed E-state index contributed by atoms with van der Waals surface area (Å²) in [5.41, 5.74) is 3.77. The van der Waals surface area contributed by atoms with Gasteiger partial charge in [0.1, 0.15) is 0 Å². The SMILES string of the molecule is CC1=CC(C#Cc2ccccc2)=CN(C(O)c2cc(NC(=O)C3COCCO3)ccc2Cl)C1. The molecule has 2 heterocycles. The Balaban J connectivity index is 1.51. The molecular formula is C26H25ClN2O4. The Morgan fingerprint density at radius 3 is 2.79 bits per heavy atom. The monoisotopic (exact) mass is 464 g/mol. The third kappa shape index (κ3) is 6.04. The number of aliphatic hydroxyl groups excluding tert-OH is 1. The average molecular weight is 465 g/mol. The summed E-state index contributed by atoms with van der Waals surface area (Å²) < 4.78 is 10.7. The summed E-state index contributed by atoms with van der Waals surface area (Å²) in [6.45, 7) is 3.59. The van der Waals surface area contributed by atoms with Crippen LogP contribution in [0.25, 0.3) is 0 Å². The van der Waals surface area contributed by atoms with Crippen LogP contribution in [-0.2, 0) is 14.3 Å². The number of carbonyl (C=O) groups excluding carboxylic acids is 1. The summed E-state index contributed by atoms with van der Waals surface area (Å²) >= 11 is 6.40. The van der Waals surface area contributed by atoms with Crippen molar-refractivity contribution in [2.75, 3.05) is 31.7 Å². The Labute approximate surface area is 198 Å². The first-order valence-corrected chi connectivity index (χ1v) is 11.1. The standard InChI is InChI=1S/C26H25ClN2O4/c1-18-13-20(8-7-19-5-3-2-4-6-19)16-29(15-18)26(31)22-14-21(9-10-23(22)27)28-25(30)24-17-32-11-12-33-24/h2-6,9-10,13-14,16,24,26,31H,11-12,15,17H2,1H3,(H,28,30). The van der Waals surface area contributed by atoms with E-state index in [9.17, 15) is 9.90 Å². The molecule has 2 aromatic rings. The molecule has 6 nitrogen and oxygen atoms in total. The van der Waals surface area contributed by atoms with E-state index < -0.39 is 12.3 Å². The summed E-state index contributed by atoms with van der Waals surface area (Å²) in [5.74, 6) is 6.00. The van der Waals surface area contributed by atoms with E-state index in [4.69, 9.17) is 21.1 Å². The molecule has 0 aromatic heterocycles. The second-order valence-electron chi connectivity index (χ2n) is 7.90. The minimum Gasteiger partial charge on any atom is -0.376 e. The van der Waals surface area contributed by atoms with Crippen LogP contribution in [0.3, 0.4) is 0 Å². The van der Waals surface area contributed by atoms with Crippen LogP contribution in [0.15, 0.2) is 72.0 Å². The van der Waals surface area contributed by atoms with Crippen molar-refractivity contribution in [3.63, 3.8) is 0 Å². The van der Waals surface area contributed by atoms with Gasteiger partial charge in [0.15, 0.2) is 12.3 Å². The second kappa shape index (κ2) is 10.7. The quantitative estimate of drug-likeness (QED) is 0.672. The maximum Gasteiger partial charge on any atom is 0.255 e. The Morgan fingerprint density at radius 2 is 2.03 bits per heavy atom. The van der Waals surface area contributed by atoms with E-state index in [1.54, 1.807) is 23.1 Å². The number of benzene rings is 2. The fourth-order valence-corrected chi connectivity index (χ4v) is 3.83. The summed E-state index contributed by atoms with van der Waals surface area (Å²) in [6.07, 6.45) is 2.15. The Bertz CT molecular complexity index is 1130. The van der Waals surface area contributed by atoms with Crippen molar-refractivity contribution in [1.82, 2.24) is 4.90 Å². The number of anilines is 1. The number of nitrogens with zero attached hydrogens (tertiary/aromatic N) is 1. The van der Waals surface area contributed by atoms with Gasteiger partial charge in [0.2, 0.25) is 0 Å². The Morgan fingerprint density at radius 1 is 1.21 bits per heavy atom. The predicted octanol–water partition coefficient (Wildman–Crippen LogP) is 3.88. The maximum absolute atomic E-state index is 12.5. The van der Waals surface area contributed by atoms with Crippen molar-refractivity contribution in [2.24, 2.45) is 0 Å². The number of hydrogen-bond acceptors (Lipinski definition) is 5. The molecule has 0 saturated carbocycles. The van der Waals surface area contributed by atoms with Gasteiger partial charge >= 0.3 is 0 Å². The highest BCUT2D eigenvalue weighted by atomic mass is 35.5. The van der Waals surface area contributed by atoms with Crippen LogP contribution in [-0.4, -0.2) is 48.4 Å². The van der Waals surface area contributed by atoms with Crippen molar-refractivity contribution in [3.05, 3.63) is 88.1 Å². The summed E-state index contributed by atoms with van der Waals surface area (Å²) in [7, 11) is 0. The molecule has 2 aromatic carbocycles. The number of amides is 1. The summed E-state index contributed by atoms with van der Waals surface area (Å²) in [4.78, 5) is 14.2. The molecule has 0 radical (unpaired) electrons. The van der Waals surface area contributed by atoms with Crippen LogP contribution in [0.5, 0.6) is 0 Å². The number of aliphatic hydroxyl groups is 1. The third-order valence-corrected chi connectivity index (χ3v) is 5.57. The number of carbonyl (C=O) groups is 1. The minimum absolute atomic E-state index is 0.214. The molecule has 170 valence electrons. The highest BCUT2D eigenvalue weighted by molar-refractivity contribution is 6.31.